The van der Waals surface area contributed by atoms with Gasteiger partial charge in [-0.15, -0.1) is 11.3 Å². The third-order valence-electron chi connectivity index (χ3n) is 4.90. The van der Waals surface area contributed by atoms with Gasteiger partial charge in [0.25, 0.3) is 0 Å². The van der Waals surface area contributed by atoms with Gasteiger partial charge in [-0.1, -0.05) is 41.4 Å². The summed E-state index contributed by atoms with van der Waals surface area (Å²) in [5.74, 6) is 0.710. The molecule has 0 atom stereocenters. The number of hydrogen-bond acceptors (Lipinski definition) is 4. The molecular formula is C23H18Cl2N2OS. The molecule has 3 aromatic rings. The summed E-state index contributed by atoms with van der Waals surface area (Å²) in [5.41, 5.74) is 3.64. The SMILES string of the molecule is N#Cc1c(/N=C\c2ccccc2OCc2ccc(Cl)cc2Cl)sc2c1CCCC2. The molecule has 2 aromatic carbocycles. The first-order valence-corrected chi connectivity index (χ1v) is 11.0. The Morgan fingerprint density at radius 1 is 1.14 bits per heavy atom. The molecule has 0 saturated heterocycles. The number of aliphatic imine (C=N–C) groups is 1. The Kier molecular flexibility index (Phi) is 6.20. The van der Waals surface area contributed by atoms with E-state index in [9.17, 15) is 5.26 Å². The van der Waals surface area contributed by atoms with Crippen LogP contribution in [0, 0.1) is 11.3 Å². The van der Waals surface area contributed by atoms with E-state index in [4.69, 9.17) is 27.9 Å². The first-order chi connectivity index (χ1) is 14.2. The molecule has 0 fully saturated rings. The molecule has 1 heterocycles. The Morgan fingerprint density at radius 2 is 1.97 bits per heavy atom. The zero-order chi connectivity index (χ0) is 20.2. The largest absolute Gasteiger partial charge is 0.488 e. The lowest BCUT2D eigenvalue weighted by Gasteiger charge is -2.10. The van der Waals surface area contributed by atoms with Crippen LogP contribution in [0.4, 0.5) is 5.00 Å². The van der Waals surface area contributed by atoms with E-state index in [-0.39, 0.29) is 0 Å². The molecular weight excluding hydrogens is 423 g/mol. The molecule has 1 aromatic heterocycles. The zero-order valence-corrected chi connectivity index (χ0v) is 17.9. The minimum absolute atomic E-state index is 0.331. The van der Waals surface area contributed by atoms with Crippen LogP contribution in [-0.2, 0) is 19.4 Å². The Balaban J connectivity index is 1.56. The fourth-order valence-corrected chi connectivity index (χ4v) is 5.05. The van der Waals surface area contributed by atoms with E-state index in [1.807, 2.05) is 30.3 Å². The number of hydrogen-bond donors (Lipinski definition) is 0. The highest BCUT2D eigenvalue weighted by Gasteiger charge is 2.20. The van der Waals surface area contributed by atoms with Crippen molar-refractivity contribution < 1.29 is 4.74 Å². The van der Waals surface area contributed by atoms with E-state index in [0.717, 1.165) is 41.0 Å². The van der Waals surface area contributed by atoms with Gasteiger partial charge in [-0.25, -0.2) is 4.99 Å². The molecule has 29 heavy (non-hydrogen) atoms. The summed E-state index contributed by atoms with van der Waals surface area (Å²) in [4.78, 5) is 5.95. The van der Waals surface area contributed by atoms with Gasteiger partial charge in [-0.3, -0.25) is 0 Å². The lowest BCUT2D eigenvalue weighted by atomic mass is 9.96. The van der Waals surface area contributed by atoms with Crippen LogP contribution in [0.2, 0.25) is 10.0 Å². The molecule has 1 aliphatic carbocycles. The topological polar surface area (TPSA) is 45.4 Å². The highest BCUT2D eigenvalue weighted by Crippen LogP contribution is 2.39. The minimum atomic E-state index is 0.331. The van der Waals surface area contributed by atoms with E-state index in [0.29, 0.717) is 22.4 Å². The van der Waals surface area contributed by atoms with Crippen molar-refractivity contribution in [3.8, 4) is 11.8 Å². The van der Waals surface area contributed by atoms with Crippen LogP contribution in [0.1, 0.15) is 40.0 Å². The Morgan fingerprint density at radius 3 is 2.79 bits per heavy atom. The predicted molar refractivity (Wildman–Crippen MR) is 120 cm³/mol. The normalized spacial score (nSPS) is 13.3. The third kappa shape index (κ3) is 4.48. The molecule has 0 spiro atoms. The van der Waals surface area contributed by atoms with Crippen molar-refractivity contribution in [2.45, 2.75) is 32.3 Å². The minimum Gasteiger partial charge on any atom is -0.488 e. The smallest absolute Gasteiger partial charge is 0.134 e. The standard InChI is InChI=1S/C23H18Cl2N2OS/c24-17-10-9-16(20(25)11-17)14-28-21-7-3-1-5-15(21)13-27-23-19(12-26)18-6-2-4-8-22(18)29-23/h1,3,5,7,9-11,13H,2,4,6,8,14H2/b27-13-. The molecule has 3 nitrogen and oxygen atoms in total. The Hall–Kier alpha value is -2.32. The van der Waals surface area contributed by atoms with Gasteiger partial charge in [0.05, 0.1) is 5.56 Å². The second-order valence-corrected chi connectivity index (χ2v) is 8.75. The molecule has 4 rings (SSSR count). The number of nitrogens with zero attached hydrogens (tertiary/aromatic N) is 2. The molecule has 0 unspecified atom stereocenters. The van der Waals surface area contributed by atoms with Crippen LogP contribution in [-0.4, -0.2) is 6.21 Å². The molecule has 6 heteroatoms. The van der Waals surface area contributed by atoms with Crippen LogP contribution in [0.5, 0.6) is 5.75 Å². The van der Waals surface area contributed by atoms with Crippen LogP contribution < -0.4 is 4.74 Å². The maximum Gasteiger partial charge on any atom is 0.134 e. The maximum atomic E-state index is 9.61. The number of fused-ring (bicyclic) bond motifs is 1. The van der Waals surface area contributed by atoms with Crippen LogP contribution in [0.3, 0.4) is 0 Å². The Bertz CT molecular complexity index is 1110. The van der Waals surface area contributed by atoms with Crippen LogP contribution in [0.25, 0.3) is 0 Å². The molecule has 0 amide bonds. The average Bonchev–Trinajstić information content (AvgIpc) is 3.09. The summed E-state index contributed by atoms with van der Waals surface area (Å²) in [6.45, 7) is 0.331. The summed E-state index contributed by atoms with van der Waals surface area (Å²) in [6, 6.07) is 15.4. The van der Waals surface area contributed by atoms with Gasteiger partial charge in [0, 0.05) is 32.3 Å². The van der Waals surface area contributed by atoms with Crippen LogP contribution in [0.15, 0.2) is 47.5 Å². The van der Waals surface area contributed by atoms with Gasteiger partial charge in [-0.2, -0.15) is 5.26 Å². The number of para-hydroxylation sites is 1. The molecule has 0 aliphatic heterocycles. The number of ether oxygens (including phenoxy) is 1. The highest BCUT2D eigenvalue weighted by molar-refractivity contribution is 7.16. The van der Waals surface area contributed by atoms with Gasteiger partial charge in [-0.05, 0) is 55.5 Å². The van der Waals surface area contributed by atoms with Crippen molar-refractivity contribution in [2.24, 2.45) is 4.99 Å². The second kappa shape index (κ2) is 9.00. The van der Waals surface area contributed by atoms with Crippen molar-refractivity contribution in [2.75, 3.05) is 0 Å². The highest BCUT2D eigenvalue weighted by atomic mass is 35.5. The zero-order valence-electron chi connectivity index (χ0n) is 15.6. The van der Waals surface area contributed by atoms with E-state index in [1.165, 1.54) is 16.9 Å². The van der Waals surface area contributed by atoms with Gasteiger partial charge >= 0.3 is 0 Å². The number of aryl methyl sites for hydroxylation is 1. The lowest BCUT2D eigenvalue weighted by molar-refractivity contribution is 0.306. The van der Waals surface area contributed by atoms with Crippen molar-refractivity contribution in [1.82, 2.24) is 0 Å². The fourth-order valence-electron chi connectivity index (χ4n) is 3.40. The molecule has 0 bridgehead atoms. The predicted octanol–water partition coefficient (Wildman–Crippen LogP) is 7.13. The van der Waals surface area contributed by atoms with E-state index in [2.05, 4.69) is 11.1 Å². The van der Waals surface area contributed by atoms with Gasteiger partial charge < -0.3 is 4.74 Å². The maximum absolute atomic E-state index is 9.61. The number of nitriles is 1. The van der Waals surface area contributed by atoms with Crippen molar-refractivity contribution >= 4 is 45.8 Å². The van der Waals surface area contributed by atoms with Crippen molar-refractivity contribution in [3.63, 3.8) is 0 Å². The quantitative estimate of drug-likeness (QED) is 0.395. The average molecular weight is 441 g/mol. The molecule has 0 saturated carbocycles. The van der Waals surface area contributed by atoms with Crippen molar-refractivity contribution in [1.29, 1.82) is 5.26 Å². The molecule has 146 valence electrons. The van der Waals surface area contributed by atoms with E-state index >= 15 is 0 Å². The number of rotatable bonds is 5. The molecule has 0 N–H and O–H groups in total. The number of thiophene rings is 1. The first kappa shape index (κ1) is 20.0. The van der Waals surface area contributed by atoms with Crippen LogP contribution >= 0.6 is 34.5 Å². The number of benzene rings is 2. The lowest BCUT2D eigenvalue weighted by Crippen LogP contribution is -1.99. The Labute approximate surface area is 184 Å². The summed E-state index contributed by atoms with van der Waals surface area (Å²) >= 11 is 13.8. The number of halogens is 2. The third-order valence-corrected chi connectivity index (χ3v) is 6.69. The molecule has 0 radical (unpaired) electrons. The second-order valence-electron chi connectivity index (χ2n) is 6.82. The first-order valence-electron chi connectivity index (χ1n) is 9.40. The van der Waals surface area contributed by atoms with Gasteiger partial charge in [0.1, 0.15) is 23.4 Å². The summed E-state index contributed by atoms with van der Waals surface area (Å²) in [5, 5.41) is 11.6. The van der Waals surface area contributed by atoms with E-state index < -0.39 is 0 Å². The van der Waals surface area contributed by atoms with Gasteiger partial charge in [0.2, 0.25) is 0 Å². The fraction of sp³-hybridized carbons (Fsp3) is 0.217. The summed E-state index contributed by atoms with van der Waals surface area (Å²) in [7, 11) is 0. The van der Waals surface area contributed by atoms with E-state index in [1.54, 1.807) is 29.7 Å². The van der Waals surface area contributed by atoms with Crippen molar-refractivity contribution in [3.05, 3.63) is 79.6 Å². The summed E-state index contributed by atoms with van der Waals surface area (Å²) in [6.07, 6.45) is 6.13. The monoisotopic (exact) mass is 440 g/mol. The summed E-state index contributed by atoms with van der Waals surface area (Å²) < 4.78 is 5.99. The van der Waals surface area contributed by atoms with Gasteiger partial charge in [0.15, 0.2) is 0 Å². The molecule has 1 aliphatic rings.